The molecular weight excluding hydrogens is 256 g/mol. The predicted molar refractivity (Wildman–Crippen MR) is 91.8 cm³/mol. The summed E-state index contributed by atoms with van der Waals surface area (Å²) in [4.78, 5) is 5.21. The van der Waals surface area contributed by atoms with Crippen LogP contribution in [0.1, 0.15) is 58.6 Å². The van der Waals surface area contributed by atoms with Crippen LogP contribution in [0, 0.1) is 0 Å². The molecule has 1 heterocycles. The van der Waals surface area contributed by atoms with Crippen LogP contribution in [0.4, 0.5) is 0 Å². The molecule has 0 spiro atoms. The van der Waals surface area contributed by atoms with Crippen molar-refractivity contribution in [3.05, 3.63) is 35.4 Å². The molecule has 1 fully saturated rings. The van der Waals surface area contributed by atoms with Gasteiger partial charge in [-0.1, -0.05) is 38.1 Å². The van der Waals surface area contributed by atoms with Crippen molar-refractivity contribution in [2.45, 2.75) is 59.0 Å². The maximum atomic E-state index is 2.64. The molecule has 0 atom stereocenters. The highest BCUT2D eigenvalue weighted by Gasteiger charge is 2.31. The van der Waals surface area contributed by atoms with E-state index in [1.54, 1.807) is 0 Å². The van der Waals surface area contributed by atoms with E-state index in [0.717, 1.165) is 13.1 Å². The molecule has 0 amide bonds. The zero-order valence-electron chi connectivity index (χ0n) is 14.7. The Balaban J connectivity index is 2.07. The van der Waals surface area contributed by atoms with Gasteiger partial charge >= 0.3 is 0 Å². The lowest BCUT2D eigenvalue weighted by Gasteiger charge is -2.45. The minimum absolute atomic E-state index is 0.124. The molecule has 0 bridgehead atoms. The third kappa shape index (κ3) is 3.67. The molecule has 0 aliphatic carbocycles. The smallest absolute Gasteiger partial charge is 0.0405 e. The summed E-state index contributed by atoms with van der Waals surface area (Å²) in [5.41, 5.74) is 2.99. The Morgan fingerprint density at radius 2 is 1.38 bits per heavy atom. The zero-order chi connectivity index (χ0) is 15.6. The van der Waals surface area contributed by atoms with Gasteiger partial charge in [0.25, 0.3) is 0 Å². The molecule has 21 heavy (non-hydrogen) atoms. The fourth-order valence-corrected chi connectivity index (χ4v) is 3.26. The summed E-state index contributed by atoms with van der Waals surface area (Å²) in [6, 6.07) is 9.91. The van der Waals surface area contributed by atoms with E-state index < -0.39 is 0 Å². The topological polar surface area (TPSA) is 6.48 Å². The van der Waals surface area contributed by atoms with Crippen LogP contribution < -0.4 is 0 Å². The summed E-state index contributed by atoms with van der Waals surface area (Å²) in [6.45, 7) is 18.5. The molecule has 1 aliphatic heterocycles. The van der Waals surface area contributed by atoms with Gasteiger partial charge in [0.05, 0.1) is 0 Å². The standard InChI is InChI=1S/C19H32N2/c1-15(2)17-7-9-18(10-8-17)19(5,6)21-13-11-20(12-14-21)16(3)4/h7-10,15-16H,11-14H2,1-6H3. The second-order valence-electron chi connectivity index (χ2n) is 7.45. The number of rotatable bonds is 4. The van der Waals surface area contributed by atoms with Gasteiger partial charge in [-0.2, -0.15) is 0 Å². The van der Waals surface area contributed by atoms with Gasteiger partial charge in [0, 0.05) is 37.8 Å². The quantitative estimate of drug-likeness (QED) is 0.824. The average molecular weight is 288 g/mol. The molecule has 2 rings (SSSR count). The van der Waals surface area contributed by atoms with E-state index in [1.807, 2.05) is 0 Å². The van der Waals surface area contributed by atoms with E-state index >= 15 is 0 Å². The second-order valence-corrected chi connectivity index (χ2v) is 7.45. The average Bonchev–Trinajstić information content (AvgIpc) is 2.47. The van der Waals surface area contributed by atoms with Crippen LogP contribution in [0.2, 0.25) is 0 Å². The van der Waals surface area contributed by atoms with Crippen molar-refractivity contribution < 1.29 is 0 Å². The summed E-state index contributed by atoms with van der Waals surface area (Å²) >= 11 is 0. The maximum absolute atomic E-state index is 2.64. The van der Waals surface area contributed by atoms with Gasteiger partial charge < -0.3 is 0 Å². The van der Waals surface area contributed by atoms with E-state index in [-0.39, 0.29) is 5.54 Å². The Hall–Kier alpha value is -0.860. The van der Waals surface area contributed by atoms with Crippen molar-refractivity contribution in [3.63, 3.8) is 0 Å². The Bertz CT molecular complexity index is 437. The fourth-order valence-electron chi connectivity index (χ4n) is 3.26. The van der Waals surface area contributed by atoms with E-state index in [9.17, 15) is 0 Å². The number of hydrogen-bond acceptors (Lipinski definition) is 2. The first-order valence-electron chi connectivity index (χ1n) is 8.42. The van der Waals surface area contributed by atoms with E-state index in [4.69, 9.17) is 0 Å². The molecule has 0 N–H and O–H groups in total. The third-order valence-corrected chi connectivity index (χ3v) is 5.12. The molecular formula is C19H32N2. The molecule has 2 nitrogen and oxygen atoms in total. The summed E-state index contributed by atoms with van der Waals surface area (Å²) < 4.78 is 0. The number of piperazine rings is 1. The predicted octanol–water partition coefficient (Wildman–Crippen LogP) is 4.07. The lowest BCUT2D eigenvalue weighted by Crippen LogP contribution is -2.54. The van der Waals surface area contributed by atoms with E-state index in [2.05, 4.69) is 75.6 Å². The van der Waals surface area contributed by atoms with Crippen LogP contribution in [0.25, 0.3) is 0 Å². The molecule has 1 aliphatic rings. The van der Waals surface area contributed by atoms with Gasteiger partial charge in [0.15, 0.2) is 0 Å². The lowest BCUT2D eigenvalue weighted by molar-refractivity contribution is 0.0385. The maximum Gasteiger partial charge on any atom is 0.0405 e. The van der Waals surface area contributed by atoms with Gasteiger partial charge in [-0.05, 0) is 44.7 Å². The molecule has 0 aromatic heterocycles. The molecule has 1 aromatic rings. The lowest BCUT2D eigenvalue weighted by atomic mass is 9.89. The van der Waals surface area contributed by atoms with Crippen LogP contribution in [0.15, 0.2) is 24.3 Å². The van der Waals surface area contributed by atoms with Crippen molar-refractivity contribution in [1.29, 1.82) is 0 Å². The van der Waals surface area contributed by atoms with Gasteiger partial charge in [-0.15, -0.1) is 0 Å². The van der Waals surface area contributed by atoms with E-state index in [0.29, 0.717) is 12.0 Å². The van der Waals surface area contributed by atoms with Crippen molar-refractivity contribution >= 4 is 0 Å². The highest BCUT2D eigenvalue weighted by atomic mass is 15.3. The van der Waals surface area contributed by atoms with Gasteiger partial charge in [-0.3, -0.25) is 9.80 Å². The minimum Gasteiger partial charge on any atom is -0.298 e. The van der Waals surface area contributed by atoms with Gasteiger partial charge in [-0.25, -0.2) is 0 Å². The highest BCUT2D eigenvalue weighted by Crippen LogP contribution is 2.30. The highest BCUT2D eigenvalue weighted by molar-refractivity contribution is 5.29. The SMILES string of the molecule is CC(C)c1ccc(C(C)(C)N2CCN(C(C)C)CC2)cc1. The van der Waals surface area contributed by atoms with Crippen molar-refractivity contribution in [2.24, 2.45) is 0 Å². The van der Waals surface area contributed by atoms with Crippen molar-refractivity contribution in [1.82, 2.24) is 9.80 Å². The Labute approximate surface area is 131 Å². The van der Waals surface area contributed by atoms with Crippen molar-refractivity contribution in [3.8, 4) is 0 Å². The molecule has 1 saturated heterocycles. The second kappa shape index (κ2) is 6.50. The van der Waals surface area contributed by atoms with Crippen LogP contribution in [-0.2, 0) is 5.54 Å². The molecule has 0 unspecified atom stereocenters. The Kier molecular flexibility index (Phi) is 5.11. The summed E-state index contributed by atoms with van der Waals surface area (Å²) in [5, 5.41) is 0. The first-order chi connectivity index (χ1) is 9.82. The number of hydrogen-bond donors (Lipinski definition) is 0. The molecule has 2 heteroatoms. The number of benzene rings is 1. The molecule has 0 saturated carbocycles. The summed E-state index contributed by atoms with van der Waals surface area (Å²) in [7, 11) is 0. The molecule has 0 radical (unpaired) electrons. The van der Waals surface area contributed by atoms with E-state index in [1.165, 1.54) is 24.2 Å². The molecule has 118 valence electrons. The summed E-state index contributed by atoms with van der Waals surface area (Å²) in [5.74, 6) is 0.608. The normalized spacial score (nSPS) is 18.7. The molecule has 1 aromatic carbocycles. The largest absolute Gasteiger partial charge is 0.298 e. The van der Waals surface area contributed by atoms with Crippen molar-refractivity contribution in [2.75, 3.05) is 26.2 Å². The number of nitrogens with zero attached hydrogens (tertiary/aromatic N) is 2. The van der Waals surface area contributed by atoms with Gasteiger partial charge in [0.2, 0.25) is 0 Å². The summed E-state index contributed by atoms with van der Waals surface area (Å²) in [6.07, 6.45) is 0. The van der Waals surface area contributed by atoms with Crippen LogP contribution >= 0.6 is 0 Å². The van der Waals surface area contributed by atoms with Crippen LogP contribution in [0.3, 0.4) is 0 Å². The van der Waals surface area contributed by atoms with Gasteiger partial charge in [0.1, 0.15) is 0 Å². The van der Waals surface area contributed by atoms with Crippen LogP contribution in [0.5, 0.6) is 0 Å². The Morgan fingerprint density at radius 1 is 0.857 bits per heavy atom. The third-order valence-electron chi connectivity index (χ3n) is 5.12. The first kappa shape index (κ1) is 16.5. The monoisotopic (exact) mass is 288 g/mol. The zero-order valence-corrected chi connectivity index (χ0v) is 14.7. The minimum atomic E-state index is 0.124. The Morgan fingerprint density at radius 3 is 1.81 bits per heavy atom. The fraction of sp³-hybridized carbons (Fsp3) is 0.684. The van der Waals surface area contributed by atoms with Crippen LogP contribution in [-0.4, -0.2) is 42.0 Å². The first-order valence-corrected chi connectivity index (χ1v) is 8.42.